The van der Waals surface area contributed by atoms with Crippen molar-refractivity contribution >= 4 is 21.6 Å². The molecule has 0 fully saturated rings. The number of hydrogen-bond acceptors (Lipinski definition) is 4. The highest BCUT2D eigenvalue weighted by Crippen LogP contribution is 2.10. The van der Waals surface area contributed by atoms with Gasteiger partial charge in [-0.15, -0.1) is 0 Å². The lowest BCUT2D eigenvalue weighted by molar-refractivity contribution is 0.0946. The average molecular weight is 401 g/mol. The summed E-state index contributed by atoms with van der Waals surface area (Å²) >= 11 is 0. The fraction of sp³-hybridized carbons (Fsp3) is 0.300. The molecule has 0 radical (unpaired) electrons. The molecule has 0 atom stereocenters. The van der Waals surface area contributed by atoms with Gasteiger partial charge in [-0.2, -0.15) is 0 Å². The molecule has 28 heavy (non-hydrogen) atoms. The smallest absolute Gasteiger partial charge is 0.271 e. The van der Waals surface area contributed by atoms with Crippen molar-refractivity contribution in [3.63, 3.8) is 0 Å². The lowest BCUT2D eigenvalue weighted by Crippen LogP contribution is -2.31. The van der Waals surface area contributed by atoms with Gasteiger partial charge in [0.05, 0.1) is 5.75 Å². The van der Waals surface area contributed by atoms with Crippen molar-refractivity contribution in [1.29, 1.82) is 0 Å². The Morgan fingerprint density at radius 2 is 1.82 bits per heavy atom. The first-order valence-electron chi connectivity index (χ1n) is 9.03. The number of hydrogen-bond donors (Lipinski definition) is 2. The van der Waals surface area contributed by atoms with Gasteiger partial charge in [-0.25, -0.2) is 18.1 Å². The highest BCUT2D eigenvalue weighted by atomic mass is 32.2. The molecule has 0 bridgehead atoms. The molecule has 2 aromatic heterocycles. The molecule has 7 nitrogen and oxygen atoms in total. The Hall–Kier alpha value is -2.71. The lowest BCUT2D eigenvalue weighted by atomic mass is 10.1. The van der Waals surface area contributed by atoms with Crippen LogP contribution in [-0.2, 0) is 22.3 Å². The molecule has 0 aliphatic carbocycles. The molecule has 0 unspecified atom stereocenters. The third-order valence-corrected chi connectivity index (χ3v) is 5.64. The fourth-order valence-electron chi connectivity index (χ4n) is 2.84. The van der Waals surface area contributed by atoms with Gasteiger partial charge in [-0.3, -0.25) is 4.79 Å². The Balaban J connectivity index is 1.60. The summed E-state index contributed by atoms with van der Waals surface area (Å²) in [5, 5.41) is 2.84. The van der Waals surface area contributed by atoms with Gasteiger partial charge in [-0.05, 0) is 49.6 Å². The molecule has 0 saturated carbocycles. The summed E-state index contributed by atoms with van der Waals surface area (Å²) in [6.45, 7) is 5.88. The van der Waals surface area contributed by atoms with Gasteiger partial charge in [0.15, 0.2) is 0 Å². The van der Waals surface area contributed by atoms with Crippen molar-refractivity contribution in [1.82, 2.24) is 19.4 Å². The highest BCUT2D eigenvalue weighted by Gasteiger charge is 2.13. The normalized spacial score (nSPS) is 11.9. The number of fused-ring (bicyclic) bond motifs is 1. The van der Waals surface area contributed by atoms with Gasteiger partial charge in [-0.1, -0.05) is 24.3 Å². The molecule has 2 heterocycles. The van der Waals surface area contributed by atoms with Gasteiger partial charge in [0.2, 0.25) is 10.0 Å². The summed E-state index contributed by atoms with van der Waals surface area (Å²) in [6, 6.07) is 10.9. The zero-order chi connectivity index (χ0) is 20.3. The Kier molecular flexibility index (Phi) is 5.81. The average Bonchev–Trinajstić information content (AvgIpc) is 3.02. The minimum atomic E-state index is -3.35. The molecule has 1 aromatic carbocycles. The van der Waals surface area contributed by atoms with E-state index in [0.29, 0.717) is 17.8 Å². The number of benzene rings is 1. The minimum absolute atomic E-state index is 0.0709. The molecule has 8 heteroatoms. The van der Waals surface area contributed by atoms with Crippen LogP contribution >= 0.6 is 0 Å². The van der Waals surface area contributed by atoms with Crippen molar-refractivity contribution < 1.29 is 13.2 Å². The van der Waals surface area contributed by atoms with Crippen molar-refractivity contribution in [2.75, 3.05) is 0 Å². The van der Waals surface area contributed by atoms with Crippen molar-refractivity contribution in [2.24, 2.45) is 0 Å². The molecule has 0 spiro atoms. The van der Waals surface area contributed by atoms with Gasteiger partial charge < -0.3 is 9.72 Å². The van der Waals surface area contributed by atoms with E-state index in [2.05, 4.69) is 15.0 Å². The molecular weight excluding hydrogens is 376 g/mol. The van der Waals surface area contributed by atoms with Crippen molar-refractivity contribution in [2.45, 2.75) is 39.1 Å². The van der Waals surface area contributed by atoms with Gasteiger partial charge in [0.25, 0.3) is 5.91 Å². The van der Waals surface area contributed by atoms with Crippen LogP contribution < -0.4 is 10.0 Å². The van der Waals surface area contributed by atoms with E-state index in [1.54, 1.807) is 32.2 Å². The van der Waals surface area contributed by atoms with Crippen LogP contribution in [-0.4, -0.2) is 29.8 Å². The minimum Gasteiger partial charge on any atom is -0.347 e. The molecular formula is C20H24N4O3S. The van der Waals surface area contributed by atoms with Gasteiger partial charge in [0, 0.05) is 25.0 Å². The van der Waals surface area contributed by atoms with Crippen molar-refractivity contribution in [3.05, 3.63) is 71.2 Å². The molecule has 3 rings (SSSR count). The molecule has 2 N–H and O–H groups in total. The zero-order valence-corrected chi connectivity index (χ0v) is 17.0. The van der Waals surface area contributed by atoms with Gasteiger partial charge in [0.1, 0.15) is 11.3 Å². The van der Waals surface area contributed by atoms with E-state index >= 15 is 0 Å². The Morgan fingerprint density at radius 1 is 1.14 bits per heavy atom. The third-order valence-electron chi connectivity index (χ3n) is 4.10. The van der Waals surface area contributed by atoms with Crippen LogP contribution in [0.5, 0.6) is 0 Å². The largest absolute Gasteiger partial charge is 0.347 e. The van der Waals surface area contributed by atoms with E-state index in [1.807, 2.05) is 41.8 Å². The molecule has 3 aromatic rings. The van der Waals surface area contributed by atoms with Gasteiger partial charge >= 0.3 is 0 Å². The van der Waals surface area contributed by atoms with Crippen LogP contribution in [0.3, 0.4) is 0 Å². The Bertz CT molecular complexity index is 1090. The second kappa shape index (κ2) is 8.12. The van der Waals surface area contributed by atoms with E-state index in [-0.39, 0.29) is 17.7 Å². The molecule has 0 aliphatic heterocycles. The number of nitrogens with zero attached hydrogens (tertiary/aromatic N) is 2. The van der Waals surface area contributed by atoms with Crippen LogP contribution in [0.15, 0.2) is 48.8 Å². The maximum atomic E-state index is 12.4. The maximum Gasteiger partial charge on any atom is 0.271 e. The molecule has 0 saturated heterocycles. The maximum absolute atomic E-state index is 12.4. The van der Waals surface area contributed by atoms with E-state index in [1.165, 1.54) is 0 Å². The van der Waals surface area contributed by atoms with E-state index in [4.69, 9.17) is 0 Å². The number of imidazole rings is 1. The number of rotatable bonds is 7. The standard InChI is InChI=1S/C20H24N4O3S/c1-14(2)23-28(26,27)13-17-6-4-16(5-7-17)11-21-20(25)18-12-24-9-8-15(3)10-19(24)22-18/h4-10,12,14,23H,11,13H2,1-3H3,(H,21,25). The summed E-state index contributed by atoms with van der Waals surface area (Å²) in [6.07, 6.45) is 3.56. The lowest BCUT2D eigenvalue weighted by Gasteiger charge is -2.10. The number of aromatic nitrogens is 2. The predicted molar refractivity (Wildman–Crippen MR) is 108 cm³/mol. The number of pyridine rings is 1. The van der Waals surface area contributed by atoms with Crippen LogP contribution in [0.4, 0.5) is 0 Å². The van der Waals surface area contributed by atoms with Crippen LogP contribution in [0.1, 0.15) is 41.0 Å². The summed E-state index contributed by atoms with van der Waals surface area (Å²) in [4.78, 5) is 16.7. The third kappa shape index (κ3) is 5.17. The SMILES string of the molecule is Cc1ccn2cc(C(=O)NCc3ccc(CS(=O)(=O)NC(C)C)cc3)nc2c1. The predicted octanol–water partition coefficient (Wildman–Crippen LogP) is 2.40. The first-order valence-corrected chi connectivity index (χ1v) is 10.7. The topological polar surface area (TPSA) is 92.6 Å². The number of nitrogens with one attached hydrogen (secondary N) is 2. The Morgan fingerprint density at radius 3 is 2.50 bits per heavy atom. The molecule has 1 amide bonds. The van der Waals surface area contributed by atoms with Crippen LogP contribution in [0.2, 0.25) is 0 Å². The van der Waals surface area contributed by atoms with E-state index in [9.17, 15) is 13.2 Å². The number of amides is 1. The zero-order valence-electron chi connectivity index (χ0n) is 16.1. The summed E-state index contributed by atoms with van der Waals surface area (Å²) in [5.74, 6) is -0.326. The quantitative estimate of drug-likeness (QED) is 0.637. The molecule has 0 aliphatic rings. The number of aryl methyl sites for hydroxylation is 1. The second-order valence-corrected chi connectivity index (χ2v) is 8.88. The number of carbonyl (C=O) groups excluding carboxylic acids is 1. The first kappa shape index (κ1) is 20.0. The Labute approximate surface area is 164 Å². The summed E-state index contributed by atoms with van der Waals surface area (Å²) in [7, 11) is -3.35. The fourth-order valence-corrected chi connectivity index (χ4v) is 4.27. The second-order valence-electron chi connectivity index (χ2n) is 7.13. The number of sulfonamides is 1. The monoisotopic (exact) mass is 400 g/mol. The van der Waals surface area contributed by atoms with Crippen LogP contribution in [0, 0.1) is 6.92 Å². The molecule has 148 valence electrons. The first-order chi connectivity index (χ1) is 13.2. The highest BCUT2D eigenvalue weighted by molar-refractivity contribution is 7.88. The van der Waals surface area contributed by atoms with Crippen LogP contribution in [0.25, 0.3) is 5.65 Å². The van der Waals surface area contributed by atoms with Crippen molar-refractivity contribution in [3.8, 4) is 0 Å². The van der Waals surface area contributed by atoms with E-state index in [0.717, 1.165) is 16.8 Å². The number of carbonyl (C=O) groups is 1. The summed E-state index contributed by atoms with van der Waals surface area (Å²) < 4.78 is 28.3. The van der Waals surface area contributed by atoms with E-state index < -0.39 is 10.0 Å². The summed E-state index contributed by atoms with van der Waals surface area (Å²) in [5.41, 5.74) is 3.74.